The number of hydrogen-bond donors (Lipinski definition) is 1. The number of halogens is 3. The zero-order chi connectivity index (χ0) is 14.7. The highest BCUT2D eigenvalue weighted by molar-refractivity contribution is 6.31. The monoisotopic (exact) mass is 297 g/mol. The van der Waals surface area contributed by atoms with E-state index in [1.165, 1.54) is 19.2 Å². The smallest absolute Gasteiger partial charge is 0.142 e. The second-order valence-corrected chi connectivity index (χ2v) is 4.63. The summed E-state index contributed by atoms with van der Waals surface area (Å²) in [5.74, 6) is -0.547. The van der Waals surface area contributed by atoms with Crippen LogP contribution in [0.25, 0.3) is 0 Å². The maximum Gasteiger partial charge on any atom is 0.142 e. The number of nitrogens with one attached hydrogen (secondary N) is 1. The summed E-state index contributed by atoms with van der Waals surface area (Å²) in [6, 6.07) is 8.46. The van der Waals surface area contributed by atoms with Gasteiger partial charge in [0, 0.05) is 11.6 Å². The molecule has 2 aromatic carbocycles. The van der Waals surface area contributed by atoms with Crippen LogP contribution in [0.5, 0.6) is 5.75 Å². The minimum absolute atomic E-state index is 0.0120. The summed E-state index contributed by atoms with van der Waals surface area (Å²) in [6.45, 7) is 0. The predicted octanol–water partition coefficient (Wildman–Crippen LogP) is 3.94. The molecule has 5 heteroatoms. The molecule has 0 heterocycles. The molecule has 0 bridgehead atoms. The molecule has 1 atom stereocenters. The molecule has 1 N–H and O–H groups in total. The van der Waals surface area contributed by atoms with Gasteiger partial charge >= 0.3 is 0 Å². The van der Waals surface area contributed by atoms with E-state index in [0.29, 0.717) is 16.9 Å². The van der Waals surface area contributed by atoms with Crippen LogP contribution in [-0.2, 0) is 0 Å². The van der Waals surface area contributed by atoms with Crippen molar-refractivity contribution in [3.05, 3.63) is 64.2 Å². The van der Waals surface area contributed by atoms with Crippen LogP contribution in [0.15, 0.2) is 36.4 Å². The van der Waals surface area contributed by atoms with Gasteiger partial charge in [-0.3, -0.25) is 0 Å². The molecular formula is C15H14ClF2NO. The van der Waals surface area contributed by atoms with Crippen molar-refractivity contribution in [3.8, 4) is 5.75 Å². The molecule has 0 aliphatic heterocycles. The van der Waals surface area contributed by atoms with E-state index in [1.54, 1.807) is 31.3 Å². The summed E-state index contributed by atoms with van der Waals surface area (Å²) in [5.41, 5.74) is 0.860. The van der Waals surface area contributed by atoms with E-state index in [1.807, 2.05) is 0 Å². The van der Waals surface area contributed by atoms with Crippen LogP contribution in [0, 0.1) is 11.6 Å². The molecule has 0 aliphatic carbocycles. The fourth-order valence-electron chi connectivity index (χ4n) is 2.09. The fourth-order valence-corrected chi connectivity index (χ4v) is 2.33. The Morgan fingerprint density at radius 2 is 1.85 bits per heavy atom. The molecule has 0 aliphatic rings. The standard InChI is InChI=1S/C15H14ClF2NO/c1-19-15(11-4-3-5-12(17)14(11)16)10-7-6-9(20-2)8-13(10)18/h3-8,15,19H,1-2H3. The Morgan fingerprint density at radius 1 is 1.10 bits per heavy atom. The van der Waals surface area contributed by atoms with E-state index in [0.717, 1.165) is 0 Å². The number of rotatable bonds is 4. The summed E-state index contributed by atoms with van der Waals surface area (Å²) in [4.78, 5) is 0. The van der Waals surface area contributed by atoms with Crippen LogP contribution in [-0.4, -0.2) is 14.2 Å². The van der Waals surface area contributed by atoms with E-state index >= 15 is 0 Å². The first-order chi connectivity index (χ1) is 9.58. The average Bonchev–Trinajstić information content (AvgIpc) is 2.45. The molecule has 0 amide bonds. The second-order valence-electron chi connectivity index (χ2n) is 4.25. The van der Waals surface area contributed by atoms with E-state index in [-0.39, 0.29) is 5.02 Å². The average molecular weight is 298 g/mol. The van der Waals surface area contributed by atoms with Crippen molar-refractivity contribution < 1.29 is 13.5 Å². The Kier molecular flexibility index (Phi) is 4.57. The Bertz CT molecular complexity index is 619. The summed E-state index contributed by atoms with van der Waals surface area (Å²) >= 11 is 5.97. The lowest BCUT2D eigenvalue weighted by atomic mass is 9.98. The quantitative estimate of drug-likeness (QED) is 0.923. The van der Waals surface area contributed by atoms with Gasteiger partial charge in [-0.15, -0.1) is 0 Å². The second kappa shape index (κ2) is 6.20. The number of benzene rings is 2. The molecule has 20 heavy (non-hydrogen) atoms. The summed E-state index contributed by atoms with van der Waals surface area (Å²) < 4.78 is 32.6. The van der Waals surface area contributed by atoms with Gasteiger partial charge in [0.1, 0.15) is 17.4 Å². The third-order valence-electron chi connectivity index (χ3n) is 3.10. The van der Waals surface area contributed by atoms with Crippen LogP contribution >= 0.6 is 11.6 Å². The van der Waals surface area contributed by atoms with E-state index in [4.69, 9.17) is 16.3 Å². The fraction of sp³-hybridized carbons (Fsp3) is 0.200. The first kappa shape index (κ1) is 14.8. The molecular weight excluding hydrogens is 284 g/mol. The van der Waals surface area contributed by atoms with Crippen molar-refractivity contribution in [1.82, 2.24) is 5.32 Å². The Labute approximate surface area is 121 Å². The molecule has 1 unspecified atom stereocenters. The van der Waals surface area contributed by atoms with E-state index < -0.39 is 17.7 Å². The van der Waals surface area contributed by atoms with Crippen molar-refractivity contribution in [3.63, 3.8) is 0 Å². The largest absolute Gasteiger partial charge is 0.497 e. The SMILES string of the molecule is CNC(c1ccc(OC)cc1F)c1cccc(F)c1Cl. The number of ether oxygens (including phenoxy) is 1. The summed E-state index contributed by atoms with van der Waals surface area (Å²) in [7, 11) is 3.13. The highest BCUT2D eigenvalue weighted by Gasteiger charge is 2.20. The lowest BCUT2D eigenvalue weighted by Crippen LogP contribution is -2.19. The normalized spacial score (nSPS) is 12.2. The van der Waals surface area contributed by atoms with Crippen molar-refractivity contribution in [2.24, 2.45) is 0 Å². The maximum absolute atomic E-state index is 14.1. The van der Waals surface area contributed by atoms with Gasteiger partial charge in [0.15, 0.2) is 0 Å². The first-order valence-corrected chi connectivity index (χ1v) is 6.41. The molecule has 0 aromatic heterocycles. The lowest BCUT2D eigenvalue weighted by Gasteiger charge is -2.19. The first-order valence-electron chi connectivity index (χ1n) is 6.03. The number of methoxy groups -OCH3 is 1. The molecule has 2 nitrogen and oxygen atoms in total. The molecule has 0 spiro atoms. The van der Waals surface area contributed by atoms with Gasteiger partial charge in [-0.2, -0.15) is 0 Å². The van der Waals surface area contributed by atoms with Crippen molar-refractivity contribution in [1.29, 1.82) is 0 Å². The van der Waals surface area contributed by atoms with Gasteiger partial charge in [0.05, 0.1) is 18.2 Å². The van der Waals surface area contributed by atoms with Gasteiger partial charge in [-0.25, -0.2) is 8.78 Å². The van der Waals surface area contributed by atoms with Gasteiger partial charge in [0.25, 0.3) is 0 Å². The van der Waals surface area contributed by atoms with Crippen LogP contribution < -0.4 is 10.1 Å². The molecule has 0 saturated carbocycles. The summed E-state index contributed by atoms with van der Waals surface area (Å²) in [5, 5.41) is 2.94. The highest BCUT2D eigenvalue weighted by atomic mass is 35.5. The van der Waals surface area contributed by atoms with Crippen LogP contribution in [0.2, 0.25) is 5.02 Å². The summed E-state index contributed by atoms with van der Waals surface area (Å²) in [6.07, 6.45) is 0. The van der Waals surface area contributed by atoms with Crippen molar-refractivity contribution >= 4 is 11.6 Å². The lowest BCUT2D eigenvalue weighted by molar-refractivity contribution is 0.410. The Morgan fingerprint density at radius 3 is 2.45 bits per heavy atom. The van der Waals surface area contributed by atoms with Gasteiger partial charge in [-0.05, 0) is 24.7 Å². The molecule has 0 fully saturated rings. The maximum atomic E-state index is 14.1. The third kappa shape index (κ3) is 2.76. The van der Waals surface area contributed by atoms with E-state index in [9.17, 15) is 8.78 Å². The third-order valence-corrected chi connectivity index (χ3v) is 3.50. The highest BCUT2D eigenvalue weighted by Crippen LogP contribution is 2.32. The molecule has 0 saturated heterocycles. The minimum atomic E-state index is -0.538. The predicted molar refractivity (Wildman–Crippen MR) is 75.3 cm³/mol. The van der Waals surface area contributed by atoms with Crippen LogP contribution in [0.4, 0.5) is 8.78 Å². The topological polar surface area (TPSA) is 21.3 Å². The van der Waals surface area contributed by atoms with Gasteiger partial charge in [-0.1, -0.05) is 29.8 Å². The zero-order valence-corrected chi connectivity index (χ0v) is 11.8. The minimum Gasteiger partial charge on any atom is -0.497 e. The molecule has 106 valence electrons. The van der Waals surface area contributed by atoms with Crippen molar-refractivity contribution in [2.45, 2.75) is 6.04 Å². The van der Waals surface area contributed by atoms with Gasteiger partial charge in [0.2, 0.25) is 0 Å². The van der Waals surface area contributed by atoms with Crippen molar-refractivity contribution in [2.75, 3.05) is 14.2 Å². The molecule has 0 radical (unpaired) electrons. The Balaban J connectivity index is 2.50. The molecule has 2 aromatic rings. The van der Waals surface area contributed by atoms with Crippen LogP contribution in [0.1, 0.15) is 17.2 Å². The number of hydrogen-bond acceptors (Lipinski definition) is 2. The Hall–Kier alpha value is -1.65. The molecule has 2 rings (SSSR count). The van der Waals surface area contributed by atoms with Gasteiger partial charge < -0.3 is 10.1 Å². The van der Waals surface area contributed by atoms with E-state index in [2.05, 4.69) is 5.32 Å². The van der Waals surface area contributed by atoms with Crippen LogP contribution in [0.3, 0.4) is 0 Å². The zero-order valence-electron chi connectivity index (χ0n) is 11.1.